The van der Waals surface area contributed by atoms with E-state index < -0.39 is 95.7 Å². The van der Waals surface area contributed by atoms with Gasteiger partial charge in [0.05, 0.1) is 12.0 Å². The van der Waals surface area contributed by atoms with Gasteiger partial charge in [-0.05, 0) is 62.6 Å². The first kappa shape index (κ1) is 44.7. The predicted octanol–water partition coefficient (Wildman–Crippen LogP) is 0.0454. The maximum atomic E-state index is 14.8. The van der Waals surface area contributed by atoms with Crippen LogP contribution < -0.4 is 31.9 Å². The van der Waals surface area contributed by atoms with Crippen molar-refractivity contribution >= 4 is 47.3 Å². The maximum Gasteiger partial charge on any atom is 0.254 e. The highest BCUT2D eigenvalue weighted by Gasteiger charge is 2.45. The van der Waals surface area contributed by atoms with Gasteiger partial charge in [-0.1, -0.05) is 68.8 Å². The minimum Gasteiger partial charge on any atom is -0.391 e. The Morgan fingerprint density at radius 1 is 0.803 bits per heavy atom. The van der Waals surface area contributed by atoms with Gasteiger partial charge in [-0.3, -0.25) is 38.4 Å². The summed E-state index contributed by atoms with van der Waals surface area (Å²) in [7, 11) is 0. The molecule has 0 spiro atoms. The highest BCUT2D eigenvalue weighted by molar-refractivity contribution is 5.99. The molecule has 0 radical (unpaired) electrons. The van der Waals surface area contributed by atoms with Gasteiger partial charge in [0.25, 0.3) is 5.91 Å². The van der Waals surface area contributed by atoms with Crippen molar-refractivity contribution in [2.24, 2.45) is 11.8 Å². The van der Waals surface area contributed by atoms with Crippen molar-refractivity contribution in [3.8, 4) is 0 Å². The van der Waals surface area contributed by atoms with E-state index in [0.717, 1.165) is 5.56 Å². The van der Waals surface area contributed by atoms with Crippen molar-refractivity contribution < 1.29 is 43.5 Å². The Labute approximate surface area is 355 Å². The lowest BCUT2D eigenvalue weighted by Crippen LogP contribution is -2.61. The third-order valence-corrected chi connectivity index (χ3v) is 12.0. The van der Waals surface area contributed by atoms with Crippen LogP contribution in [0.25, 0.3) is 0 Å². The molecule has 4 aliphatic rings. The number of hydrogen-bond donors (Lipinski definition) is 7. The Morgan fingerprint density at radius 3 is 2.21 bits per heavy atom. The molecule has 2 saturated heterocycles. The Morgan fingerprint density at radius 2 is 1.51 bits per heavy atom. The first-order valence-electron chi connectivity index (χ1n) is 21.3. The van der Waals surface area contributed by atoms with Gasteiger partial charge in [0, 0.05) is 50.1 Å². The normalized spacial score (nSPS) is 28.3. The number of rotatable bonds is 9. The second-order valence-corrected chi connectivity index (χ2v) is 17.2. The number of hydrogen-bond acceptors (Lipinski definition) is 9. The molecule has 3 fully saturated rings. The van der Waals surface area contributed by atoms with Crippen molar-refractivity contribution in [3.05, 3.63) is 71.3 Å². The van der Waals surface area contributed by atoms with Crippen LogP contribution in [0.5, 0.6) is 0 Å². The number of amides is 8. The first-order chi connectivity index (χ1) is 29.1. The smallest absolute Gasteiger partial charge is 0.254 e. The molecule has 0 bridgehead atoms. The fourth-order valence-corrected chi connectivity index (χ4v) is 8.75. The van der Waals surface area contributed by atoms with Crippen LogP contribution in [0, 0.1) is 11.8 Å². The van der Waals surface area contributed by atoms with Crippen LogP contribution in [0.15, 0.2) is 54.6 Å². The summed E-state index contributed by atoms with van der Waals surface area (Å²) >= 11 is 0. The van der Waals surface area contributed by atoms with Gasteiger partial charge >= 0.3 is 0 Å². The number of aliphatic hydroxyl groups is 1. The van der Waals surface area contributed by atoms with Crippen molar-refractivity contribution in [2.45, 2.75) is 128 Å². The summed E-state index contributed by atoms with van der Waals surface area (Å²) in [6.07, 6.45) is 0.272. The zero-order chi connectivity index (χ0) is 44.0. The molecular weight excluding hydrogens is 785 g/mol. The molecule has 2 aromatic carbocycles. The largest absolute Gasteiger partial charge is 0.391 e. The molecule has 6 rings (SSSR count). The van der Waals surface area contributed by atoms with E-state index in [9.17, 15) is 43.5 Å². The van der Waals surface area contributed by atoms with Crippen LogP contribution in [0.2, 0.25) is 0 Å². The molecule has 2 aromatic rings. The Bertz CT molecular complexity index is 1990. The minimum absolute atomic E-state index is 0.0216. The molecule has 9 atom stereocenters. The summed E-state index contributed by atoms with van der Waals surface area (Å²) in [4.78, 5) is 113. The van der Waals surface area contributed by atoms with Gasteiger partial charge in [0.1, 0.15) is 30.2 Å². The number of carbonyl (C=O) groups excluding carboxylic acids is 8. The Hall–Kier alpha value is -5.84. The SMILES string of the molecule is CC(C)C[C@@H]1NC(=O)[C@@H]2CCC[C@H]2NC(=O)[C@H](C)NC(=O)C2C[C@@H](NC(=O)CCN3Cc4ccccc4C3=O)CN2C(=O)[C@H](Cc2ccccc2)NC(=O)[C@H]([C@@H](C)O)NC1=O. The summed E-state index contributed by atoms with van der Waals surface area (Å²) in [5, 5.41) is 27.6. The quantitative estimate of drug-likeness (QED) is 0.180. The molecule has 3 aliphatic heterocycles. The lowest BCUT2D eigenvalue weighted by atomic mass is 9.98. The second-order valence-electron chi connectivity index (χ2n) is 17.2. The number of nitrogens with zero attached hydrogens (tertiary/aromatic N) is 2. The zero-order valence-electron chi connectivity index (χ0n) is 35.1. The fourth-order valence-electron chi connectivity index (χ4n) is 8.75. The van der Waals surface area contributed by atoms with Gasteiger partial charge in [-0.25, -0.2) is 0 Å². The molecular formula is C44H58N8O9. The van der Waals surface area contributed by atoms with Crippen LogP contribution in [-0.4, -0.2) is 124 Å². The molecule has 7 N–H and O–H groups in total. The summed E-state index contributed by atoms with van der Waals surface area (Å²) in [6, 6.07) is 8.59. The van der Waals surface area contributed by atoms with Gasteiger partial charge in [0.15, 0.2) is 0 Å². The van der Waals surface area contributed by atoms with Crippen molar-refractivity contribution in [2.75, 3.05) is 13.1 Å². The van der Waals surface area contributed by atoms with E-state index >= 15 is 0 Å². The molecule has 17 nitrogen and oxygen atoms in total. The Kier molecular flexibility index (Phi) is 14.4. The third kappa shape index (κ3) is 10.9. The van der Waals surface area contributed by atoms with E-state index in [1.807, 2.05) is 26.0 Å². The van der Waals surface area contributed by atoms with Crippen LogP contribution >= 0.6 is 0 Å². The topological polar surface area (TPSA) is 235 Å². The summed E-state index contributed by atoms with van der Waals surface area (Å²) in [5.41, 5.74) is 2.13. The number of fused-ring (bicyclic) bond motifs is 3. The average Bonchev–Trinajstić information content (AvgIpc) is 3.95. The zero-order valence-corrected chi connectivity index (χ0v) is 35.1. The third-order valence-electron chi connectivity index (χ3n) is 12.0. The van der Waals surface area contributed by atoms with Crippen LogP contribution in [0.3, 0.4) is 0 Å². The van der Waals surface area contributed by atoms with Gasteiger partial charge in [0.2, 0.25) is 41.4 Å². The van der Waals surface area contributed by atoms with Crippen LogP contribution in [0.1, 0.15) is 87.7 Å². The molecule has 8 amide bonds. The van der Waals surface area contributed by atoms with Crippen LogP contribution in [-0.2, 0) is 46.5 Å². The van der Waals surface area contributed by atoms with E-state index in [1.54, 1.807) is 47.4 Å². The first-order valence-corrected chi connectivity index (χ1v) is 21.3. The van der Waals surface area contributed by atoms with E-state index in [2.05, 4.69) is 31.9 Å². The number of aliphatic hydroxyl groups excluding tert-OH is 1. The summed E-state index contributed by atoms with van der Waals surface area (Å²) < 4.78 is 0. The van der Waals surface area contributed by atoms with Gasteiger partial charge in [-0.15, -0.1) is 0 Å². The van der Waals surface area contributed by atoms with E-state index in [-0.39, 0.29) is 50.6 Å². The van der Waals surface area contributed by atoms with Gasteiger partial charge < -0.3 is 46.8 Å². The lowest BCUT2D eigenvalue weighted by Gasteiger charge is -2.31. The van der Waals surface area contributed by atoms with Crippen molar-refractivity contribution in [1.29, 1.82) is 0 Å². The lowest BCUT2D eigenvalue weighted by molar-refractivity contribution is -0.143. The monoisotopic (exact) mass is 842 g/mol. The molecule has 3 heterocycles. The highest BCUT2D eigenvalue weighted by atomic mass is 16.3. The molecule has 1 aliphatic carbocycles. The average molecular weight is 843 g/mol. The molecule has 0 aromatic heterocycles. The van der Waals surface area contributed by atoms with Crippen molar-refractivity contribution in [3.63, 3.8) is 0 Å². The van der Waals surface area contributed by atoms with E-state index in [4.69, 9.17) is 0 Å². The van der Waals surface area contributed by atoms with Crippen LogP contribution in [0.4, 0.5) is 0 Å². The fraction of sp³-hybridized carbons (Fsp3) is 0.545. The summed E-state index contributed by atoms with van der Waals surface area (Å²) in [6.45, 7) is 6.97. The maximum absolute atomic E-state index is 14.8. The predicted molar refractivity (Wildman–Crippen MR) is 222 cm³/mol. The standard InChI is InChI=1S/C44H58N8O9/c1-24(2)19-33-40(57)50-37(26(4)53)42(59)49-34(20-27-11-6-5-7-12-27)44(61)52-23-29(46-36(54)17-18-51-22-28-13-8-9-14-30(28)43(51)60)21-35(52)41(58)45-25(3)38(55)47-32-16-10-15-31(32)39(56)48-33/h5-9,11-14,24-26,29,31-35,37,53H,10,15-23H2,1-4H3,(H,45,58)(H,46,54)(H,47,55)(H,48,56)(H,49,59)(H,50,57)/t25-,26+,29+,31+,32+,33-,34-,35?,37-/m0/s1. The number of benzene rings is 2. The second kappa shape index (κ2) is 19.7. The molecule has 328 valence electrons. The molecule has 1 unspecified atom stereocenters. The molecule has 61 heavy (non-hydrogen) atoms. The highest BCUT2D eigenvalue weighted by Crippen LogP contribution is 2.27. The molecule has 17 heteroatoms. The number of nitrogens with one attached hydrogen (secondary N) is 6. The van der Waals surface area contributed by atoms with E-state index in [1.165, 1.54) is 18.7 Å². The number of carbonyl (C=O) groups is 8. The van der Waals surface area contributed by atoms with Crippen molar-refractivity contribution in [1.82, 2.24) is 41.7 Å². The Balaban J connectivity index is 1.28. The van der Waals surface area contributed by atoms with E-state index in [0.29, 0.717) is 36.9 Å². The minimum atomic E-state index is -1.54. The molecule has 1 saturated carbocycles. The van der Waals surface area contributed by atoms with Gasteiger partial charge in [-0.2, -0.15) is 0 Å². The summed E-state index contributed by atoms with van der Waals surface area (Å²) in [5.74, 6) is -5.18.